The predicted molar refractivity (Wildman–Crippen MR) is 92.4 cm³/mol. The highest BCUT2D eigenvalue weighted by atomic mass is 79.9. The molecule has 1 aliphatic heterocycles. The van der Waals surface area contributed by atoms with Crippen LogP contribution < -0.4 is 5.32 Å². The Bertz CT molecular complexity index is 486. The smallest absolute Gasteiger partial charge is 0.0309 e. The van der Waals surface area contributed by atoms with Gasteiger partial charge in [0, 0.05) is 35.7 Å². The van der Waals surface area contributed by atoms with E-state index in [4.69, 9.17) is 0 Å². The Kier molecular flexibility index (Phi) is 4.72. The zero-order chi connectivity index (χ0) is 14.9. The Balaban J connectivity index is 1.73. The molecule has 2 atom stereocenters. The van der Waals surface area contributed by atoms with Gasteiger partial charge in [0.25, 0.3) is 0 Å². The number of halogens is 1. The molecule has 2 aliphatic rings. The second-order valence-corrected chi connectivity index (χ2v) is 7.97. The molecule has 0 aromatic heterocycles. The van der Waals surface area contributed by atoms with Crippen molar-refractivity contribution in [1.82, 2.24) is 10.2 Å². The number of benzene rings is 1. The summed E-state index contributed by atoms with van der Waals surface area (Å²) in [7, 11) is 0. The lowest BCUT2D eigenvalue weighted by Gasteiger charge is -2.47. The fraction of sp³-hybridized carbons (Fsp3) is 0.667. The third kappa shape index (κ3) is 3.69. The van der Waals surface area contributed by atoms with Crippen molar-refractivity contribution < 1.29 is 0 Å². The van der Waals surface area contributed by atoms with Crippen LogP contribution in [-0.2, 0) is 6.54 Å². The van der Waals surface area contributed by atoms with Gasteiger partial charge in [-0.1, -0.05) is 41.4 Å². The maximum atomic E-state index is 3.87. The molecule has 116 valence electrons. The minimum Gasteiger partial charge on any atom is -0.308 e. The van der Waals surface area contributed by atoms with Gasteiger partial charge >= 0.3 is 0 Å². The lowest BCUT2D eigenvalue weighted by Crippen LogP contribution is -2.63. The number of nitrogens with one attached hydrogen (secondary N) is 1. The third-order valence-electron chi connectivity index (χ3n) is 5.16. The normalized spacial score (nSPS) is 30.5. The van der Waals surface area contributed by atoms with Crippen LogP contribution in [-0.4, -0.2) is 29.6 Å². The molecule has 0 radical (unpaired) electrons. The molecule has 1 saturated heterocycles. The SMILES string of the molecule is CCCC1CNC(C)(C2CC2)CN1Cc1cccc(Br)c1. The van der Waals surface area contributed by atoms with Crippen molar-refractivity contribution in [3.63, 3.8) is 0 Å². The van der Waals surface area contributed by atoms with Crippen LogP contribution in [0.2, 0.25) is 0 Å². The summed E-state index contributed by atoms with van der Waals surface area (Å²) in [4.78, 5) is 2.72. The van der Waals surface area contributed by atoms with Crippen molar-refractivity contribution in [2.24, 2.45) is 5.92 Å². The summed E-state index contributed by atoms with van der Waals surface area (Å²) in [5.41, 5.74) is 1.75. The first kappa shape index (κ1) is 15.5. The summed E-state index contributed by atoms with van der Waals surface area (Å²) in [6.45, 7) is 8.14. The summed E-state index contributed by atoms with van der Waals surface area (Å²) < 4.78 is 1.19. The summed E-state index contributed by atoms with van der Waals surface area (Å²) >= 11 is 3.60. The van der Waals surface area contributed by atoms with E-state index in [1.165, 1.54) is 42.3 Å². The van der Waals surface area contributed by atoms with E-state index in [-0.39, 0.29) is 0 Å². The van der Waals surface area contributed by atoms with Gasteiger partial charge in [0.15, 0.2) is 0 Å². The van der Waals surface area contributed by atoms with Gasteiger partial charge in [-0.15, -0.1) is 0 Å². The van der Waals surface area contributed by atoms with E-state index in [1.807, 2.05) is 0 Å². The Labute approximate surface area is 137 Å². The fourth-order valence-electron chi connectivity index (χ4n) is 3.75. The standard InChI is InChI=1S/C18H27BrN2/c1-3-5-17-11-20-18(2,15-8-9-15)13-21(17)12-14-6-4-7-16(19)10-14/h4,6-7,10,15,17,20H,3,5,8-9,11-13H2,1-2H3. The van der Waals surface area contributed by atoms with Crippen molar-refractivity contribution in [2.45, 2.75) is 57.7 Å². The summed E-state index contributed by atoms with van der Waals surface area (Å²) in [5.74, 6) is 0.894. The molecule has 2 unspecified atom stereocenters. The van der Waals surface area contributed by atoms with Crippen molar-refractivity contribution in [1.29, 1.82) is 0 Å². The molecule has 1 aromatic carbocycles. The van der Waals surface area contributed by atoms with Crippen molar-refractivity contribution in [2.75, 3.05) is 13.1 Å². The Hall–Kier alpha value is -0.380. The zero-order valence-corrected chi connectivity index (χ0v) is 14.8. The maximum Gasteiger partial charge on any atom is 0.0309 e. The molecule has 3 rings (SSSR count). The molecule has 1 aromatic rings. The van der Waals surface area contributed by atoms with Crippen LogP contribution in [0.1, 0.15) is 45.1 Å². The topological polar surface area (TPSA) is 15.3 Å². The first-order valence-corrected chi connectivity index (χ1v) is 9.13. The molecule has 1 heterocycles. The highest BCUT2D eigenvalue weighted by molar-refractivity contribution is 9.10. The van der Waals surface area contributed by atoms with E-state index < -0.39 is 0 Å². The molecule has 1 saturated carbocycles. The molecule has 3 heteroatoms. The molecule has 1 aliphatic carbocycles. The van der Waals surface area contributed by atoms with Gasteiger partial charge in [0.2, 0.25) is 0 Å². The molecule has 0 amide bonds. The molecule has 1 N–H and O–H groups in total. The van der Waals surface area contributed by atoms with E-state index in [1.54, 1.807) is 0 Å². The van der Waals surface area contributed by atoms with Crippen LogP contribution in [0.15, 0.2) is 28.7 Å². The van der Waals surface area contributed by atoms with Gasteiger partial charge in [0.1, 0.15) is 0 Å². The summed E-state index contributed by atoms with van der Waals surface area (Å²) in [6.07, 6.45) is 5.38. The number of rotatable bonds is 5. The van der Waals surface area contributed by atoms with Gasteiger partial charge in [-0.05, 0) is 49.8 Å². The van der Waals surface area contributed by atoms with Gasteiger partial charge in [-0.25, -0.2) is 0 Å². The van der Waals surface area contributed by atoms with Gasteiger partial charge in [-0.2, -0.15) is 0 Å². The zero-order valence-electron chi connectivity index (χ0n) is 13.2. The van der Waals surface area contributed by atoms with Crippen LogP contribution >= 0.6 is 15.9 Å². The van der Waals surface area contributed by atoms with Crippen molar-refractivity contribution >= 4 is 15.9 Å². The van der Waals surface area contributed by atoms with Crippen LogP contribution in [0.3, 0.4) is 0 Å². The Morgan fingerprint density at radius 1 is 1.38 bits per heavy atom. The second-order valence-electron chi connectivity index (χ2n) is 7.05. The molecule has 0 spiro atoms. The molecular formula is C18H27BrN2. The van der Waals surface area contributed by atoms with E-state index >= 15 is 0 Å². The third-order valence-corrected chi connectivity index (χ3v) is 5.66. The van der Waals surface area contributed by atoms with E-state index in [0.717, 1.165) is 19.0 Å². The maximum absolute atomic E-state index is 3.87. The molecular weight excluding hydrogens is 324 g/mol. The largest absolute Gasteiger partial charge is 0.308 e. The first-order valence-electron chi connectivity index (χ1n) is 8.34. The van der Waals surface area contributed by atoms with Crippen LogP contribution in [0.5, 0.6) is 0 Å². The molecule has 0 bridgehead atoms. The van der Waals surface area contributed by atoms with Crippen molar-refractivity contribution in [3.05, 3.63) is 34.3 Å². The molecule has 2 fully saturated rings. The average molecular weight is 351 g/mol. The van der Waals surface area contributed by atoms with Gasteiger partial charge < -0.3 is 5.32 Å². The first-order chi connectivity index (χ1) is 10.1. The highest BCUT2D eigenvalue weighted by Crippen LogP contribution is 2.41. The monoisotopic (exact) mass is 350 g/mol. The number of piperazine rings is 1. The van der Waals surface area contributed by atoms with Crippen LogP contribution in [0.4, 0.5) is 0 Å². The minimum atomic E-state index is 0.330. The lowest BCUT2D eigenvalue weighted by atomic mass is 9.89. The number of hydrogen-bond donors (Lipinski definition) is 1. The van der Waals surface area contributed by atoms with E-state index in [9.17, 15) is 0 Å². The van der Waals surface area contributed by atoms with E-state index in [2.05, 4.69) is 64.3 Å². The van der Waals surface area contributed by atoms with Crippen LogP contribution in [0.25, 0.3) is 0 Å². The summed E-state index contributed by atoms with van der Waals surface area (Å²) in [6, 6.07) is 9.46. The second kappa shape index (κ2) is 6.39. The molecule has 21 heavy (non-hydrogen) atoms. The highest BCUT2D eigenvalue weighted by Gasteiger charge is 2.45. The van der Waals surface area contributed by atoms with E-state index in [0.29, 0.717) is 11.6 Å². The number of hydrogen-bond acceptors (Lipinski definition) is 2. The fourth-order valence-corrected chi connectivity index (χ4v) is 4.20. The summed E-state index contributed by atoms with van der Waals surface area (Å²) in [5, 5.41) is 3.87. The Morgan fingerprint density at radius 3 is 2.86 bits per heavy atom. The van der Waals surface area contributed by atoms with Crippen molar-refractivity contribution in [3.8, 4) is 0 Å². The van der Waals surface area contributed by atoms with Gasteiger partial charge in [0.05, 0.1) is 0 Å². The lowest BCUT2D eigenvalue weighted by molar-refractivity contribution is 0.0638. The van der Waals surface area contributed by atoms with Gasteiger partial charge in [-0.3, -0.25) is 4.90 Å². The number of nitrogens with zero attached hydrogens (tertiary/aromatic N) is 1. The molecule has 2 nitrogen and oxygen atoms in total. The quantitative estimate of drug-likeness (QED) is 0.856. The minimum absolute atomic E-state index is 0.330. The Morgan fingerprint density at radius 2 is 2.19 bits per heavy atom. The predicted octanol–water partition coefficient (Wildman–Crippen LogP) is 4.19. The average Bonchev–Trinajstić information content (AvgIpc) is 3.27. The van der Waals surface area contributed by atoms with Crippen LogP contribution in [0, 0.1) is 5.92 Å².